The molecule has 1 aliphatic carbocycles. The second-order valence-electron chi connectivity index (χ2n) is 2.47. The van der Waals surface area contributed by atoms with Crippen molar-refractivity contribution in [3.8, 4) is 6.07 Å². The normalized spacial score (nSPS) is 21.5. The predicted molar refractivity (Wildman–Crippen MR) is 32.1 cm³/mol. The van der Waals surface area contributed by atoms with Crippen LogP contribution >= 0.6 is 0 Å². The van der Waals surface area contributed by atoms with E-state index >= 15 is 0 Å². The summed E-state index contributed by atoms with van der Waals surface area (Å²) in [6.07, 6.45) is 2.05. The number of nitrogens with zero attached hydrogens (tertiary/aromatic N) is 1. The lowest BCUT2D eigenvalue weighted by molar-refractivity contribution is 0.807. The standard InChI is InChI=1S/C7H9N/c1-6(2)7(5-8)3-4-7/h1,3-4H2,2H3. The Morgan fingerprint density at radius 3 is 2.25 bits per heavy atom. The Labute approximate surface area is 49.6 Å². The van der Waals surface area contributed by atoms with Crippen LogP contribution < -0.4 is 0 Å². The van der Waals surface area contributed by atoms with Crippen LogP contribution in [0.3, 0.4) is 0 Å². The average Bonchev–Trinajstić information content (AvgIpc) is 2.44. The molecule has 1 rings (SSSR count). The van der Waals surface area contributed by atoms with Gasteiger partial charge in [0, 0.05) is 0 Å². The Balaban J connectivity index is 2.71. The minimum absolute atomic E-state index is 0.0972. The quantitative estimate of drug-likeness (QED) is 0.469. The first-order chi connectivity index (χ1) is 3.71. The first-order valence-electron chi connectivity index (χ1n) is 2.78. The van der Waals surface area contributed by atoms with Crippen LogP contribution in [0.2, 0.25) is 0 Å². The molecule has 42 valence electrons. The third-order valence-corrected chi connectivity index (χ3v) is 1.78. The monoisotopic (exact) mass is 107 g/mol. The van der Waals surface area contributed by atoms with Gasteiger partial charge in [0.05, 0.1) is 11.5 Å². The van der Waals surface area contributed by atoms with E-state index in [0.29, 0.717) is 0 Å². The van der Waals surface area contributed by atoms with Crippen molar-refractivity contribution in [2.45, 2.75) is 19.8 Å². The lowest BCUT2D eigenvalue weighted by Crippen LogP contribution is -1.94. The van der Waals surface area contributed by atoms with Crippen LogP contribution in [0.5, 0.6) is 0 Å². The first-order valence-corrected chi connectivity index (χ1v) is 2.78. The molecule has 0 aromatic carbocycles. The summed E-state index contributed by atoms with van der Waals surface area (Å²) < 4.78 is 0. The van der Waals surface area contributed by atoms with Gasteiger partial charge in [0.1, 0.15) is 0 Å². The molecule has 1 heteroatoms. The maximum absolute atomic E-state index is 8.52. The number of hydrogen-bond donors (Lipinski definition) is 0. The average molecular weight is 107 g/mol. The van der Waals surface area contributed by atoms with Crippen molar-refractivity contribution in [3.63, 3.8) is 0 Å². The largest absolute Gasteiger partial charge is 0.197 e. The molecule has 0 spiro atoms. The topological polar surface area (TPSA) is 23.8 Å². The third-order valence-electron chi connectivity index (χ3n) is 1.78. The number of allylic oxidation sites excluding steroid dienone is 1. The summed E-state index contributed by atoms with van der Waals surface area (Å²) >= 11 is 0. The van der Waals surface area contributed by atoms with Crippen molar-refractivity contribution in [1.82, 2.24) is 0 Å². The Hall–Kier alpha value is -0.770. The summed E-state index contributed by atoms with van der Waals surface area (Å²) in [7, 11) is 0. The van der Waals surface area contributed by atoms with E-state index in [1.165, 1.54) is 0 Å². The number of hydrogen-bond acceptors (Lipinski definition) is 1. The van der Waals surface area contributed by atoms with Crippen molar-refractivity contribution in [3.05, 3.63) is 12.2 Å². The first kappa shape index (κ1) is 5.37. The van der Waals surface area contributed by atoms with Crippen molar-refractivity contribution in [2.24, 2.45) is 5.41 Å². The van der Waals surface area contributed by atoms with Crippen molar-refractivity contribution in [2.75, 3.05) is 0 Å². The van der Waals surface area contributed by atoms with E-state index in [0.717, 1.165) is 18.4 Å². The lowest BCUT2D eigenvalue weighted by atomic mass is 10.0. The Morgan fingerprint density at radius 2 is 2.25 bits per heavy atom. The van der Waals surface area contributed by atoms with Crippen molar-refractivity contribution in [1.29, 1.82) is 5.26 Å². The summed E-state index contributed by atoms with van der Waals surface area (Å²) in [4.78, 5) is 0. The highest BCUT2D eigenvalue weighted by Gasteiger charge is 2.43. The van der Waals surface area contributed by atoms with Gasteiger partial charge in [-0.15, -0.1) is 0 Å². The summed E-state index contributed by atoms with van der Waals surface area (Å²) in [6.45, 7) is 5.66. The van der Waals surface area contributed by atoms with Gasteiger partial charge in [-0.2, -0.15) is 5.26 Å². The lowest BCUT2D eigenvalue weighted by Gasteiger charge is -1.99. The molecule has 0 aromatic heterocycles. The van der Waals surface area contributed by atoms with Crippen molar-refractivity contribution >= 4 is 0 Å². The van der Waals surface area contributed by atoms with Crippen molar-refractivity contribution < 1.29 is 0 Å². The maximum Gasteiger partial charge on any atom is 0.0778 e. The smallest absolute Gasteiger partial charge is 0.0778 e. The number of nitriles is 1. The van der Waals surface area contributed by atoms with Gasteiger partial charge < -0.3 is 0 Å². The van der Waals surface area contributed by atoms with E-state index in [9.17, 15) is 0 Å². The Morgan fingerprint density at radius 1 is 1.75 bits per heavy atom. The van der Waals surface area contributed by atoms with E-state index in [1.54, 1.807) is 0 Å². The minimum Gasteiger partial charge on any atom is -0.197 e. The highest BCUT2D eigenvalue weighted by atomic mass is 14.5. The van der Waals surface area contributed by atoms with E-state index in [1.807, 2.05) is 6.92 Å². The summed E-state index contributed by atoms with van der Waals surface area (Å²) in [6, 6.07) is 2.25. The minimum atomic E-state index is -0.0972. The molecule has 0 N–H and O–H groups in total. The zero-order valence-electron chi connectivity index (χ0n) is 5.07. The molecule has 0 aliphatic heterocycles. The zero-order chi connectivity index (χ0) is 6.20. The third kappa shape index (κ3) is 0.535. The Bertz CT molecular complexity index is 158. The molecule has 0 bridgehead atoms. The van der Waals surface area contributed by atoms with Gasteiger partial charge >= 0.3 is 0 Å². The van der Waals surface area contributed by atoms with E-state index in [2.05, 4.69) is 12.6 Å². The fraction of sp³-hybridized carbons (Fsp3) is 0.571. The SMILES string of the molecule is C=C(C)C1(C#N)CC1. The molecule has 0 saturated heterocycles. The van der Waals surface area contributed by atoms with Gasteiger partial charge in [-0.05, 0) is 19.8 Å². The van der Waals surface area contributed by atoms with Crippen LogP contribution in [0.4, 0.5) is 0 Å². The van der Waals surface area contributed by atoms with Crippen LogP contribution in [-0.2, 0) is 0 Å². The van der Waals surface area contributed by atoms with Gasteiger partial charge in [0.2, 0.25) is 0 Å². The molecule has 1 fully saturated rings. The van der Waals surface area contributed by atoms with Crippen LogP contribution in [0.25, 0.3) is 0 Å². The molecule has 1 nitrogen and oxygen atoms in total. The second kappa shape index (κ2) is 1.35. The van der Waals surface area contributed by atoms with E-state index in [4.69, 9.17) is 5.26 Å². The second-order valence-corrected chi connectivity index (χ2v) is 2.47. The van der Waals surface area contributed by atoms with Crippen LogP contribution in [0, 0.1) is 16.7 Å². The fourth-order valence-corrected chi connectivity index (χ4v) is 0.759. The molecule has 0 radical (unpaired) electrons. The molecule has 0 unspecified atom stereocenters. The highest BCUT2D eigenvalue weighted by Crippen LogP contribution is 2.50. The Kier molecular flexibility index (Phi) is 0.907. The number of rotatable bonds is 1. The van der Waals surface area contributed by atoms with Gasteiger partial charge in [-0.1, -0.05) is 12.2 Å². The fourth-order valence-electron chi connectivity index (χ4n) is 0.759. The molecular formula is C7H9N. The molecule has 0 aromatic rings. The van der Waals surface area contributed by atoms with Crippen LogP contribution in [0.15, 0.2) is 12.2 Å². The molecule has 1 aliphatic rings. The maximum atomic E-state index is 8.52. The van der Waals surface area contributed by atoms with E-state index in [-0.39, 0.29) is 5.41 Å². The van der Waals surface area contributed by atoms with Gasteiger partial charge in [0.25, 0.3) is 0 Å². The summed E-state index contributed by atoms with van der Waals surface area (Å²) in [5.74, 6) is 0. The summed E-state index contributed by atoms with van der Waals surface area (Å²) in [5.41, 5.74) is 0.931. The molecule has 0 atom stereocenters. The molecular weight excluding hydrogens is 98.1 g/mol. The summed E-state index contributed by atoms with van der Waals surface area (Å²) in [5, 5.41) is 8.52. The molecule has 8 heavy (non-hydrogen) atoms. The van der Waals surface area contributed by atoms with Crippen LogP contribution in [-0.4, -0.2) is 0 Å². The molecule has 0 heterocycles. The zero-order valence-corrected chi connectivity index (χ0v) is 5.07. The van der Waals surface area contributed by atoms with Crippen LogP contribution in [0.1, 0.15) is 19.8 Å². The van der Waals surface area contributed by atoms with E-state index < -0.39 is 0 Å². The highest BCUT2D eigenvalue weighted by molar-refractivity contribution is 5.26. The van der Waals surface area contributed by atoms with Gasteiger partial charge in [-0.3, -0.25) is 0 Å². The molecule has 1 saturated carbocycles. The van der Waals surface area contributed by atoms with Gasteiger partial charge in [0.15, 0.2) is 0 Å². The van der Waals surface area contributed by atoms with Gasteiger partial charge in [-0.25, -0.2) is 0 Å². The predicted octanol–water partition coefficient (Wildman–Crippen LogP) is 1.87. The molecule has 0 amide bonds.